The molecule has 0 aliphatic carbocycles. The van der Waals surface area contributed by atoms with E-state index in [2.05, 4.69) is 26.0 Å². The van der Waals surface area contributed by atoms with Gasteiger partial charge in [0.25, 0.3) is 0 Å². The molecule has 0 saturated heterocycles. The second-order valence-electron chi connectivity index (χ2n) is 3.35. The highest BCUT2D eigenvalue weighted by Crippen LogP contribution is 2.60. The molecule has 0 aliphatic heterocycles. The summed E-state index contributed by atoms with van der Waals surface area (Å²) in [7, 11) is -5.63. The van der Waals surface area contributed by atoms with E-state index in [1.165, 1.54) is 6.92 Å². The molecule has 0 atom stereocenters. The molecule has 0 aliphatic rings. The third-order valence-corrected chi connectivity index (χ3v) is 4.19. The minimum atomic E-state index is -5.63. The Labute approximate surface area is 109 Å². The van der Waals surface area contributed by atoms with E-state index in [0.717, 1.165) is 12.1 Å². The van der Waals surface area contributed by atoms with Crippen molar-refractivity contribution in [1.29, 1.82) is 0 Å². The summed E-state index contributed by atoms with van der Waals surface area (Å²) >= 11 is 2.82. The molecule has 0 saturated carbocycles. The molecular formula is C8H7BrF2N3O3P. The lowest BCUT2D eigenvalue weighted by molar-refractivity contribution is 0.0557. The molecule has 0 fully saturated rings. The van der Waals surface area contributed by atoms with E-state index >= 15 is 0 Å². The Kier molecular flexibility index (Phi) is 4.15. The van der Waals surface area contributed by atoms with Crippen molar-refractivity contribution >= 4 is 29.2 Å². The van der Waals surface area contributed by atoms with E-state index in [1.807, 2.05) is 0 Å². The monoisotopic (exact) mass is 341 g/mol. The van der Waals surface area contributed by atoms with Crippen LogP contribution in [0.3, 0.4) is 0 Å². The summed E-state index contributed by atoms with van der Waals surface area (Å²) in [6.45, 7) is 1.38. The third-order valence-electron chi connectivity index (χ3n) is 2.20. The Bertz CT molecular complexity index is 583. The van der Waals surface area contributed by atoms with Gasteiger partial charge in [0.05, 0.1) is 0 Å². The lowest BCUT2D eigenvalue weighted by atomic mass is 10.1. The molecule has 1 rings (SSSR count). The van der Waals surface area contributed by atoms with E-state index in [9.17, 15) is 13.3 Å². The minimum Gasteiger partial charge on any atom is -0.320 e. The zero-order chi connectivity index (χ0) is 14.1. The summed E-state index contributed by atoms with van der Waals surface area (Å²) in [5, 5.41) is 3.26. The molecule has 98 valence electrons. The number of azide groups is 1. The number of halogens is 3. The van der Waals surface area contributed by atoms with Crippen molar-refractivity contribution in [3.05, 3.63) is 38.2 Å². The van der Waals surface area contributed by atoms with Gasteiger partial charge >= 0.3 is 13.3 Å². The standard InChI is InChI=1S/C8H7BrF2N3O3P/c1-4-6(13-14-12)3-2-5(7(4)9)8(10,11)18(15,16)17/h2-3H,1H3,(H2,15,16,17). The van der Waals surface area contributed by atoms with Gasteiger partial charge in [0.2, 0.25) is 0 Å². The molecule has 0 bridgehead atoms. The van der Waals surface area contributed by atoms with E-state index in [-0.39, 0.29) is 15.7 Å². The summed E-state index contributed by atoms with van der Waals surface area (Å²) in [5.74, 6) is 0. The molecule has 6 nitrogen and oxygen atoms in total. The number of nitrogens with zero attached hydrogens (tertiary/aromatic N) is 3. The molecule has 18 heavy (non-hydrogen) atoms. The zero-order valence-electron chi connectivity index (χ0n) is 8.88. The van der Waals surface area contributed by atoms with Crippen LogP contribution in [0.2, 0.25) is 0 Å². The van der Waals surface area contributed by atoms with E-state index in [0.29, 0.717) is 0 Å². The highest BCUT2D eigenvalue weighted by Gasteiger charge is 2.51. The minimum absolute atomic E-state index is 0.0923. The van der Waals surface area contributed by atoms with Crippen LogP contribution in [-0.2, 0) is 10.2 Å². The predicted octanol–water partition coefficient (Wildman–Crippen LogP) is 3.93. The van der Waals surface area contributed by atoms with Crippen LogP contribution in [0.15, 0.2) is 21.7 Å². The summed E-state index contributed by atoms with van der Waals surface area (Å²) in [4.78, 5) is 19.8. The van der Waals surface area contributed by atoms with Gasteiger partial charge in [0.15, 0.2) is 0 Å². The second kappa shape index (κ2) is 4.95. The topological polar surface area (TPSA) is 106 Å². The molecule has 10 heteroatoms. The van der Waals surface area contributed by atoms with Crippen LogP contribution in [0.25, 0.3) is 10.4 Å². The van der Waals surface area contributed by atoms with Gasteiger partial charge in [-0.2, -0.15) is 8.78 Å². The first kappa shape index (κ1) is 15.1. The summed E-state index contributed by atoms with van der Waals surface area (Å²) < 4.78 is 37.6. The van der Waals surface area contributed by atoms with Gasteiger partial charge in [0, 0.05) is 20.6 Å². The molecule has 0 amide bonds. The van der Waals surface area contributed by atoms with Crippen molar-refractivity contribution in [1.82, 2.24) is 0 Å². The zero-order valence-corrected chi connectivity index (χ0v) is 11.4. The van der Waals surface area contributed by atoms with Gasteiger partial charge in [-0.15, -0.1) is 0 Å². The van der Waals surface area contributed by atoms with Gasteiger partial charge in [-0.05, 0) is 33.9 Å². The Morgan fingerprint density at radius 3 is 2.50 bits per heavy atom. The lowest BCUT2D eigenvalue weighted by Crippen LogP contribution is -2.14. The Hall–Kier alpha value is -0.980. The number of alkyl halides is 2. The number of benzene rings is 1. The maximum Gasteiger partial charge on any atom is 0.399 e. The van der Waals surface area contributed by atoms with E-state index in [1.54, 1.807) is 0 Å². The SMILES string of the molecule is Cc1c(N=[N+]=[N-])ccc(C(F)(F)P(=O)(O)O)c1Br. The average Bonchev–Trinajstić information content (AvgIpc) is 2.23. The predicted molar refractivity (Wildman–Crippen MR) is 63.6 cm³/mol. The first-order chi connectivity index (χ1) is 8.13. The normalized spacial score (nSPS) is 12.1. The van der Waals surface area contributed by atoms with Crippen LogP contribution in [-0.4, -0.2) is 9.79 Å². The second-order valence-corrected chi connectivity index (χ2v) is 5.79. The van der Waals surface area contributed by atoms with Crippen LogP contribution < -0.4 is 0 Å². The van der Waals surface area contributed by atoms with Gasteiger partial charge in [-0.1, -0.05) is 17.2 Å². The molecule has 1 aromatic rings. The van der Waals surface area contributed by atoms with Gasteiger partial charge in [-0.3, -0.25) is 4.57 Å². The van der Waals surface area contributed by atoms with Crippen LogP contribution in [0.5, 0.6) is 0 Å². The van der Waals surface area contributed by atoms with Gasteiger partial charge in [0.1, 0.15) is 0 Å². The van der Waals surface area contributed by atoms with Crippen molar-refractivity contribution in [2.45, 2.75) is 12.6 Å². The Morgan fingerprint density at radius 2 is 2.06 bits per heavy atom. The maximum atomic E-state index is 13.5. The summed E-state index contributed by atoms with van der Waals surface area (Å²) in [5.41, 5.74) is 3.35. The smallest absolute Gasteiger partial charge is 0.320 e. The largest absolute Gasteiger partial charge is 0.399 e. The molecule has 0 radical (unpaired) electrons. The van der Waals surface area contributed by atoms with E-state index in [4.69, 9.17) is 15.3 Å². The molecule has 0 aromatic heterocycles. The van der Waals surface area contributed by atoms with Crippen molar-refractivity contribution in [2.75, 3.05) is 0 Å². The molecule has 0 heterocycles. The lowest BCUT2D eigenvalue weighted by Gasteiger charge is -2.20. The fourth-order valence-corrected chi connectivity index (χ4v) is 2.46. The fourth-order valence-electron chi connectivity index (χ4n) is 1.22. The summed E-state index contributed by atoms with van der Waals surface area (Å²) in [6.07, 6.45) is 0. The number of hydrogen-bond acceptors (Lipinski definition) is 2. The van der Waals surface area contributed by atoms with Crippen LogP contribution in [0.1, 0.15) is 11.1 Å². The van der Waals surface area contributed by atoms with E-state index < -0.39 is 18.8 Å². The molecule has 1 aromatic carbocycles. The van der Waals surface area contributed by atoms with Crippen molar-refractivity contribution < 1.29 is 23.1 Å². The maximum absolute atomic E-state index is 13.5. The fraction of sp³-hybridized carbons (Fsp3) is 0.250. The Morgan fingerprint density at radius 1 is 1.50 bits per heavy atom. The first-order valence-corrected chi connectivity index (χ1v) is 6.81. The van der Waals surface area contributed by atoms with Crippen molar-refractivity contribution in [3.8, 4) is 0 Å². The molecule has 0 spiro atoms. The van der Waals surface area contributed by atoms with Gasteiger partial charge < -0.3 is 9.79 Å². The third kappa shape index (κ3) is 2.55. The van der Waals surface area contributed by atoms with Crippen LogP contribution in [0.4, 0.5) is 14.5 Å². The average molecular weight is 342 g/mol. The molecule has 0 unspecified atom stereocenters. The van der Waals surface area contributed by atoms with Crippen molar-refractivity contribution in [3.63, 3.8) is 0 Å². The highest BCUT2D eigenvalue weighted by atomic mass is 79.9. The Balaban J connectivity index is 3.51. The first-order valence-electron chi connectivity index (χ1n) is 4.41. The number of rotatable bonds is 3. The van der Waals surface area contributed by atoms with Crippen LogP contribution >= 0.6 is 23.5 Å². The number of hydrogen-bond donors (Lipinski definition) is 2. The molecular weight excluding hydrogens is 335 g/mol. The molecule has 2 N–H and O–H groups in total. The van der Waals surface area contributed by atoms with Crippen LogP contribution in [0, 0.1) is 6.92 Å². The quantitative estimate of drug-likeness (QED) is 0.376. The van der Waals surface area contributed by atoms with Crippen molar-refractivity contribution in [2.24, 2.45) is 5.11 Å². The highest BCUT2D eigenvalue weighted by molar-refractivity contribution is 9.10. The summed E-state index contributed by atoms with van der Waals surface area (Å²) in [6, 6.07) is 1.87. The van der Waals surface area contributed by atoms with Gasteiger partial charge in [-0.25, -0.2) is 0 Å².